The third-order valence-corrected chi connectivity index (χ3v) is 6.02. The first kappa shape index (κ1) is 27.5. The Hall–Kier alpha value is -3.09. The zero-order chi connectivity index (χ0) is 26.2. The van der Waals surface area contributed by atoms with Crippen LogP contribution in [-0.2, 0) is 6.54 Å². The van der Waals surface area contributed by atoms with Gasteiger partial charge in [-0.1, -0.05) is 45.9 Å². The summed E-state index contributed by atoms with van der Waals surface area (Å²) < 4.78 is 12.7. The van der Waals surface area contributed by atoms with E-state index in [4.69, 9.17) is 9.47 Å². The molecule has 3 aromatic rings. The highest BCUT2D eigenvalue weighted by Gasteiger charge is 2.17. The third kappa shape index (κ3) is 7.21. The molecule has 194 valence electrons. The van der Waals surface area contributed by atoms with Gasteiger partial charge in [-0.25, -0.2) is 0 Å². The van der Waals surface area contributed by atoms with Crippen molar-refractivity contribution in [3.05, 3.63) is 65.9 Å². The van der Waals surface area contributed by atoms with Gasteiger partial charge < -0.3 is 24.0 Å². The van der Waals surface area contributed by atoms with Crippen molar-refractivity contribution in [2.24, 2.45) is 11.8 Å². The standard InChI is InChI=1S/C30H40N2O4/c1-21(2)16-31(17-22(3)4)19-25(33)20-32-18-24(26-9-7-8-10-27(26)32)11-13-28(34)23-12-14-29(35-5)30(15-23)36-6/h7-15,18,21-22,25,33H,16-17,19-20H2,1-6H3/b13-11-/t25-/m1/s1. The molecule has 0 saturated carbocycles. The Bertz CT molecular complexity index is 1170. The number of ether oxygens (including phenoxy) is 2. The Kier molecular flexibility index (Phi) is 9.73. The molecule has 3 rings (SSSR count). The molecule has 0 bridgehead atoms. The van der Waals surface area contributed by atoms with E-state index in [2.05, 4.69) is 43.2 Å². The summed E-state index contributed by atoms with van der Waals surface area (Å²) in [6.07, 6.45) is 4.94. The van der Waals surface area contributed by atoms with Gasteiger partial charge in [-0.05, 0) is 48.3 Å². The van der Waals surface area contributed by atoms with Crippen molar-refractivity contribution in [3.63, 3.8) is 0 Å². The number of allylic oxidation sites excluding steroid dienone is 1. The van der Waals surface area contributed by atoms with Crippen LogP contribution in [0, 0.1) is 11.8 Å². The van der Waals surface area contributed by atoms with Crippen LogP contribution in [0.15, 0.2) is 54.7 Å². The fourth-order valence-electron chi connectivity index (χ4n) is 4.65. The predicted octanol–water partition coefficient (Wildman–Crippen LogP) is 5.53. The van der Waals surface area contributed by atoms with Gasteiger partial charge in [0.15, 0.2) is 17.3 Å². The SMILES string of the molecule is COc1ccc(C(=O)/C=C\c2cn(C[C@H](O)CN(CC(C)C)CC(C)C)c3ccccc23)cc1OC. The molecule has 36 heavy (non-hydrogen) atoms. The lowest BCUT2D eigenvalue weighted by Gasteiger charge is -2.28. The van der Waals surface area contributed by atoms with Crippen LogP contribution in [-0.4, -0.2) is 60.3 Å². The van der Waals surface area contributed by atoms with E-state index in [0.29, 0.717) is 42.0 Å². The first-order valence-corrected chi connectivity index (χ1v) is 12.6. The number of carbonyl (C=O) groups is 1. The molecule has 0 aliphatic carbocycles. The molecular formula is C30H40N2O4. The van der Waals surface area contributed by atoms with Gasteiger partial charge in [-0.3, -0.25) is 4.79 Å². The van der Waals surface area contributed by atoms with E-state index in [0.717, 1.165) is 29.6 Å². The Labute approximate surface area is 215 Å². The van der Waals surface area contributed by atoms with E-state index >= 15 is 0 Å². The van der Waals surface area contributed by atoms with Crippen LogP contribution < -0.4 is 9.47 Å². The molecule has 1 N–H and O–H groups in total. The van der Waals surface area contributed by atoms with Gasteiger partial charge in [0.25, 0.3) is 0 Å². The number of methoxy groups -OCH3 is 2. The Balaban J connectivity index is 1.79. The molecule has 0 unspecified atom stereocenters. The second-order valence-electron chi connectivity index (χ2n) is 10.2. The second kappa shape index (κ2) is 12.7. The van der Waals surface area contributed by atoms with Gasteiger partial charge in [0.2, 0.25) is 0 Å². The van der Waals surface area contributed by atoms with E-state index in [-0.39, 0.29) is 5.78 Å². The Morgan fingerprint density at radius 1 is 0.972 bits per heavy atom. The number of aliphatic hydroxyl groups excluding tert-OH is 1. The first-order valence-electron chi connectivity index (χ1n) is 12.6. The normalized spacial score (nSPS) is 12.8. The maximum Gasteiger partial charge on any atom is 0.185 e. The van der Waals surface area contributed by atoms with Crippen LogP contribution >= 0.6 is 0 Å². The van der Waals surface area contributed by atoms with Gasteiger partial charge in [-0.15, -0.1) is 0 Å². The lowest BCUT2D eigenvalue weighted by Crippen LogP contribution is -2.39. The zero-order valence-corrected chi connectivity index (χ0v) is 22.4. The summed E-state index contributed by atoms with van der Waals surface area (Å²) in [5.41, 5.74) is 2.50. The number of aliphatic hydroxyl groups is 1. The van der Waals surface area contributed by atoms with Crippen LogP contribution in [0.4, 0.5) is 0 Å². The van der Waals surface area contributed by atoms with Crippen molar-refractivity contribution < 1.29 is 19.4 Å². The van der Waals surface area contributed by atoms with Crippen LogP contribution in [0.1, 0.15) is 43.6 Å². The number of nitrogens with zero attached hydrogens (tertiary/aromatic N) is 2. The average molecular weight is 493 g/mol. The van der Waals surface area contributed by atoms with Gasteiger partial charge in [-0.2, -0.15) is 0 Å². The number of para-hydroxylation sites is 1. The summed E-state index contributed by atoms with van der Waals surface area (Å²) in [7, 11) is 3.12. The second-order valence-corrected chi connectivity index (χ2v) is 10.2. The summed E-state index contributed by atoms with van der Waals surface area (Å²) in [5, 5.41) is 12.0. The summed E-state index contributed by atoms with van der Waals surface area (Å²) in [6.45, 7) is 11.9. The molecule has 1 atom stereocenters. The number of rotatable bonds is 13. The molecule has 2 aromatic carbocycles. The quantitative estimate of drug-likeness (QED) is 0.251. The van der Waals surface area contributed by atoms with E-state index in [1.807, 2.05) is 30.5 Å². The summed E-state index contributed by atoms with van der Waals surface area (Å²) in [6, 6.07) is 13.2. The number of hydrogen-bond acceptors (Lipinski definition) is 5. The molecule has 6 nitrogen and oxygen atoms in total. The van der Waals surface area contributed by atoms with E-state index < -0.39 is 6.10 Å². The zero-order valence-electron chi connectivity index (χ0n) is 22.4. The van der Waals surface area contributed by atoms with Gasteiger partial charge in [0, 0.05) is 54.4 Å². The molecule has 1 aromatic heterocycles. The highest BCUT2D eigenvalue weighted by Crippen LogP contribution is 2.28. The first-order chi connectivity index (χ1) is 17.2. The summed E-state index contributed by atoms with van der Waals surface area (Å²) in [5.74, 6) is 2.07. The minimum atomic E-state index is -0.497. The molecule has 0 amide bonds. The van der Waals surface area contributed by atoms with Crippen molar-refractivity contribution in [1.29, 1.82) is 0 Å². The minimum Gasteiger partial charge on any atom is -0.493 e. The average Bonchev–Trinajstić information content (AvgIpc) is 3.18. The topological polar surface area (TPSA) is 63.9 Å². The molecule has 6 heteroatoms. The minimum absolute atomic E-state index is 0.120. The molecular weight excluding hydrogens is 452 g/mol. The number of aromatic nitrogens is 1. The molecule has 0 spiro atoms. The maximum atomic E-state index is 12.9. The maximum absolute atomic E-state index is 12.9. The van der Waals surface area contributed by atoms with Crippen LogP contribution in [0.2, 0.25) is 0 Å². The molecule has 0 aliphatic rings. The molecule has 0 saturated heterocycles. The van der Waals surface area contributed by atoms with Crippen molar-refractivity contribution in [2.75, 3.05) is 33.9 Å². The monoisotopic (exact) mass is 492 g/mol. The fourth-order valence-corrected chi connectivity index (χ4v) is 4.65. The predicted molar refractivity (Wildman–Crippen MR) is 147 cm³/mol. The molecule has 1 heterocycles. The molecule has 0 radical (unpaired) electrons. The highest BCUT2D eigenvalue weighted by molar-refractivity contribution is 6.08. The molecule has 0 aliphatic heterocycles. The smallest absolute Gasteiger partial charge is 0.185 e. The van der Waals surface area contributed by atoms with Crippen molar-refractivity contribution >= 4 is 22.8 Å². The van der Waals surface area contributed by atoms with E-state index in [9.17, 15) is 9.90 Å². The number of ketones is 1. The number of hydrogen-bond donors (Lipinski definition) is 1. The fraction of sp³-hybridized carbons (Fsp3) is 0.433. The lowest BCUT2D eigenvalue weighted by atomic mass is 10.1. The highest BCUT2D eigenvalue weighted by atomic mass is 16.5. The third-order valence-electron chi connectivity index (χ3n) is 6.02. The largest absolute Gasteiger partial charge is 0.493 e. The summed E-state index contributed by atoms with van der Waals surface area (Å²) in [4.78, 5) is 15.2. The van der Waals surface area contributed by atoms with Gasteiger partial charge >= 0.3 is 0 Å². The Morgan fingerprint density at radius 2 is 1.64 bits per heavy atom. The van der Waals surface area contributed by atoms with Crippen molar-refractivity contribution in [2.45, 2.75) is 40.3 Å². The van der Waals surface area contributed by atoms with E-state index in [1.54, 1.807) is 38.5 Å². The number of fused-ring (bicyclic) bond motifs is 1. The van der Waals surface area contributed by atoms with E-state index in [1.165, 1.54) is 0 Å². The van der Waals surface area contributed by atoms with Gasteiger partial charge in [0.1, 0.15) is 0 Å². The Morgan fingerprint density at radius 3 is 2.28 bits per heavy atom. The van der Waals surface area contributed by atoms with Gasteiger partial charge in [0.05, 0.1) is 20.3 Å². The van der Waals surface area contributed by atoms with Crippen LogP contribution in [0.25, 0.3) is 17.0 Å². The number of carbonyl (C=O) groups excluding carboxylic acids is 1. The lowest BCUT2D eigenvalue weighted by molar-refractivity contribution is 0.0869. The van der Waals surface area contributed by atoms with Crippen LogP contribution in [0.5, 0.6) is 11.5 Å². The van der Waals surface area contributed by atoms with Crippen LogP contribution in [0.3, 0.4) is 0 Å². The summed E-state index contributed by atoms with van der Waals surface area (Å²) >= 11 is 0. The molecule has 0 fully saturated rings. The van der Waals surface area contributed by atoms with Crippen molar-refractivity contribution in [3.8, 4) is 11.5 Å². The number of benzene rings is 2. The van der Waals surface area contributed by atoms with Crippen molar-refractivity contribution in [1.82, 2.24) is 9.47 Å².